The Morgan fingerprint density at radius 1 is 0.815 bits per heavy atom. The zero-order valence-electron chi connectivity index (χ0n) is 16.3. The van der Waals surface area contributed by atoms with Crippen LogP contribution in [-0.2, 0) is 4.79 Å². The second-order valence-corrected chi connectivity index (χ2v) is 6.11. The first-order valence-corrected chi connectivity index (χ1v) is 9.63. The first-order chi connectivity index (χ1) is 13.1. The molecule has 0 bridgehead atoms. The molecule has 0 rings (SSSR count). The van der Waals surface area contributed by atoms with Crippen molar-refractivity contribution < 1.29 is 14.8 Å². The number of hydrogen-bond acceptors (Lipinski definition) is 4. The van der Waals surface area contributed by atoms with Crippen LogP contribution in [0.4, 0.5) is 0 Å². The SMILES string of the molecule is CC/C=C\C/C=C\CC(C(O)C/C=C\C/C=C\C/C=C\CCC=O)[N+](=O)[O-]. The largest absolute Gasteiger partial charge is 0.386 e. The number of allylic oxidation sites excluding steroid dienone is 8. The summed E-state index contributed by atoms with van der Waals surface area (Å²) in [5.74, 6) is 0. The molecular weight excluding hydrogens is 342 g/mol. The Hall–Kier alpha value is -2.27. The molecule has 0 radical (unpaired) electrons. The lowest BCUT2D eigenvalue weighted by molar-refractivity contribution is -0.533. The number of aliphatic hydroxyl groups excluding tert-OH is 1. The molecule has 0 amide bonds. The van der Waals surface area contributed by atoms with Crippen LogP contribution in [0.25, 0.3) is 0 Å². The number of carbonyl (C=O) groups is 1. The normalized spacial score (nSPS) is 14.9. The summed E-state index contributed by atoms with van der Waals surface area (Å²) in [5, 5.41) is 21.2. The third-order valence-electron chi connectivity index (χ3n) is 3.81. The van der Waals surface area contributed by atoms with E-state index in [2.05, 4.69) is 6.92 Å². The number of unbranched alkanes of at least 4 members (excludes halogenated alkanes) is 1. The van der Waals surface area contributed by atoms with Crippen LogP contribution in [0.5, 0.6) is 0 Å². The smallest absolute Gasteiger partial charge is 0.242 e. The zero-order valence-corrected chi connectivity index (χ0v) is 16.3. The molecule has 0 aromatic heterocycles. The fourth-order valence-corrected chi connectivity index (χ4v) is 2.27. The fraction of sp³-hybridized carbons (Fsp3) is 0.500. The molecule has 0 aliphatic carbocycles. The lowest BCUT2D eigenvalue weighted by atomic mass is 10.0. The number of aldehydes is 1. The molecule has 27 heavy (non-hydrogen) atoms. The average Bonchev–Trinajstić information content (AvgIpc) is 2.65. The van der Waals surface area contributed by atoms with Crippen molar-refractivity contribution in [1.82, 2.24) is 0 Å². The van der Waals surface area contributed by atoms with Gasteiger partial charge in [0.1, 0.15) is 12.4 Å². The predicted molar refractivity (Wildman–Crippen MR) is 111 cm³/mol. The molecule has 0 fully saturated rings. The topological polar surface area (TPSA) is 80.4 Å². The van der Waals surface area contributed by atoms with Crippen molar-refractivity contribution in [2.45, 2.75) is 70.4 Å². The van der Waals surface area contributed by atoms with Crippen LogP contribution < -0.4 is 0 Å². The fourth-order valence-electron chi connectivity index (χ4n) is 2.27. The molecule has 2 unspecified atom stereocenters. The molecule has 0 spiro atoms. The summed E-state index contributed by atoms with van der Waals surface area (Å²) < 4.78 is 0. The second kappa shape index (κ2) is 18.5. The lowest BCUT2D eigenvalue weighted by Gasteiger charge is -2.12. The van der Waals surface area contributed by atoms with Crippen LogP contribution in [-0.4, -0.2) is 28.5 Å². The van der Waals surface area contributed by atoms with Gasteiger partial charge in [-0.05, 0) is 38.5 Å². The maximum atomic E-state index is 11.1. The highest BCUT2D eigenvalue weighted by Gasteiger charge is 2.27. The van der Waals surface area contributed by atoms with Crippen molar-refractivity contribution in [3.8, 4) is 0 Å². The summed E-state index contributed by atoms with van der Waals surface area (Å²) in [5.41, 5.74) is 0. The Morgan fingerprint density at radius 3 is 1.89 bits per heavy atom. The molecule has 0 aromatic carbocycles. The monoisotopic (exact) mass is 375 g/mol. The third kappa shape index (κ3) is 15.7. The number of nitro groups is 1. The molecule has 0 saturated heterocycles. The molecule has 150 valence electrons. The molecule has 1 N–H and O–H groups in total. The van der Waals surface area contributed by atoms with Gasteiger partial charge >= 0.3 is 0 Å². The van der Waals surface area contributed by atoms with Gasteiger partial charge in [0.2, 0.25) is 6.04 Å². The van der Waals surface area contributed by atoms with E-state index in [9.17, 15) is 20.0 Å². The van der Waals surface area contributed by atoms with Gasteiger partial charge in [-0.2, -0.15) is 0 Å². The molecule has 2 atom stereocenters. The van der Waals surface area contributed by atoms with Gasteiger partial charge in [-0.3, -0.25) is 10.1 Å². The zero-order chi connectivity index (χ0) is 20.2. The number of aliphatic hydroxyl groups is 1. The Morgan fingerprint density at radius 2 is 1.33 bits per heavy atom. The molecule has 0 aliphatic rings. The quantitative estimate of drug-likeness (QED) is 0.134. The molecule has 5 heteroatoms. The maximum Gasteiger partial charge on any atom is 0.242 e. The molecular formula is C22H33NO4. The van der Waals surface area contributed by atoms with Crippen LogP contribution in [0.2, 0.25) is 0 Å². The van der Waals surface area contributed by atoms with E-state index in [1.165, 1.54) is 0 Å². The minimum absolute atomic E-state index is 0.234. The molecule has 0 aliphatic heterocycles. The Bertz CT molecular complexity index is 532. The van der Waals surface area contributed by atoms with Crippen LogP contribution >= 0.6 is 0 Å². The van der Waals surface area contributed by atoms with Crippen LogP contribution in [0.1, 0.15) is 58.3 Å². The van der Waals surface area contributed by atoms with Crippen LogP contribution in [0.3, 0.4) is 0 Å². The first-order valence-electron chi connectivity index (χ1n) is 9.63. The number of hydrogen-bond donors (Lipinski definition) is 1. The van der Waals surface area contributed by atoms with Crippen LogP contribution in [0.15, 0.2) is 60.8 Å². The van der Waals surface area contributed by atoms with E-state index in [1.54, 1.807) is 12.2 Å². The Balaban J connectivity index is 4.11. The Labute approximate surface area is 163 Å². The Kier molecular flexibility index (Phi) is 17.0. The standard InChI is InChI=1S/C22H33NO4/c1-2-3-4-5-12-15-18-21(23(26)27)22(25)19-16-13-10-8-6-7-9-11-14-17-20-24/h3-4,6,8-9,11-13,15-16,20-22,25H,2,5,7,10,14,17-19H2,1H3/b4-3-,8-6-,11-9-,15-12-,16-13-. The van der Waals surface area contributed by atoms with E-state index in [-0.39, 0.29) is 12.8 Å². The summed E-state index contributed by atoms with van der Waals surface area (Å²) in [6.07, 6.45) is 24.5. The highest BCUT2D eigenvalue weighted by Crippen LogP contribution is 2.10. The van der Waals surface area contributed by atoms with E-state index in [0.717, 1.165) is 38.4 Å². The van der Waals surface area contributed by atoms with Crippen molar-refractivity contribution in [3.63, 3.8) is 0 Å². The molecule has 0 heterocycles. The average molecular weight is 376 g/mol. The van der Waals surface area contributed by atoms with Gasteiger partial charge in [-0.15, -0.1) is 0 Å². The second-order valence-electron chi connectivity index (χ2n) is 6.11. The summed E-state index contributed by atoms with van der Waals surface area (Å²) in [6.45, 7) is 2.05. The summed E-state index contributed by atoms with van der Waals surface area (Å²) >= 11 is 0. The molecule has 5 nitrogen and oxygen atoms in total. The van der Waals surface area contributed by atoms with Gasteiger partial charge in [0.15, 0.2) is 0 Å². The lowest BCUT2D eigenvalue weighted by Crippen LogP contribution is -2.32. The van der Waals surface area contributed by atoms with Gasteiger partial charge in [0, 0.05) is 17.8 Å². The van der Waals surface area contributed by atoms with Crippen molar-refractivity contribution >= 4 is 6.29 Å². The van der Waals surface area contributed by atoms with E-state index in [1.807, 2.05) is 48.6 Å². The van der Waals surface area contributed by atoms with E-state index >= 15 is 0 Å². The number of carbonyl (C=O) groups excluding carboxylic acids is 1. The maximum absolute atomic E-state index is 11.1. The van der Waals surface area contributed by atoms with Crippen molar-refractivity contribution in [3.05, 3.63) is 70.9 Å². The van der Waals surface area contributed by atoms with E-state index in [0.29, 0.717) is 6.42 Å². The van der Waals surface area contributed by atoms with Gasteiger partial charge in [0.05, 0.1) is 0 Å². The van der Waals surface area contributed by atoms with E-state index < -0.39 is 17.1 Å². The van der Waals surface area contributed by atoms with Crippen molar-refractivity contribution in [2.75, 3.05) is 0 Å². The number of rotatable bonds is 16. The minimum Gasteiger partial charge on any atom is -0.386 e. The summed E-state index contributed by atoms with van der Waals surface area (Å²) in [7, 11) is 0. The highest BCUT2D eigenvalue weighted by molar-refractivity contribution is 5.49. The first kappa shape index (κ1) is 24.7. The summed E-state index contributed by atoms with van der Waals surface area (Å²) in [4.78, 5) is 20.9. The van der Waals surface area contributed by atoms with Crippen molar-refractivity contribution in [1.29, 1.82) is 0 Å². The van der Waals surface area contributed by atoms with E-state index in [4.69, 9.17) is 0 Å². The molecule has 0 saturated carbocycles. The minimum atomic E-state index is -0.989. The number of nitrogens with zero attached hydrogens (tertiary/aromatic N) is 1. The third-order valence-corrected chi connectivity index (χ3v) is 3.81. The predicted octanol–water partition coefficient (Wildman–Crippen LogP) is 5.11. The molecule has 0 aromatic rings. The highest BCUT2D eigenvalue weighted by atomic mass is 16.6. The van der Waals surface area contributed by atoms with Crippen LogP contribution in [0, 0.1) is 10.1 Å². The van der Waals surface area contributed by atoms with Gasteiger partial charge in [-0.25, -0.2) is 0 Å². The van der Waals surface area contributed by atoms with Gasteiger partial charge in [0.25, 0.3) is 0 Å². The van der Waals surface area contributed by atoms with Crippen molar-refractivity contribution in [2.24, 2.45) is 0 Å². The van der Waals surface area contributed by atoms with Gasteiger partial charge in [-0.1, -0.05) is 67.7 Å². The van der Waals surface area contributed by atoms with Gasteiger partial charge < -0.3 is 9.90 Å². The summed E-state index contributed by atoms with van der Waals surface area (Å²) in [6, 6.07) is -0.979.